The van der Waals surface area contributed by atoms with Gasteiger partial charge in [-0.05, 0) is 31.5 Å². The SMILES string of the molecule is CNC(=O)Cn1nc(C)c(-c2cc(OC3CN(C(=O)N4N=CC[C@H]4c4cc(F)cc(F)c4)C3)c(F)cn2)c1C. The van der Waals surface area contributed by atoms with Gasteiger partial charge in [-0.3, -0.25) is 14.5 Å². The normalized spacial score (nSPS) is 16.9. The first-order valence-corrected chi connectivity index (χ1v) is 12.3. The summed E-state index contributed by atoms with van der Waals surface area (Å²) in [5.74, 6) is -2.35. The zero-order chi connectivity index (χ0) is 27.8. The standard InChI is InChI=1S/C26H26F3N7O3/c1-14-25(15(2)35(33-14)13-24(37)30-3)21-9-23(20(29)10-31-21)39-19-11-34(12-19)26(38)36-22(4-5-32-36)16-6-17(27)8-18(28)7-16/h5-10,19,22H,4,11-13H2,1-3H3,(H,30,37)/t22-/m0/s1. The number of halogens is 3. The van der Waals surface area contributed by atoms with Gasteiger partial charge in [0.2, 0.25) is 5.91 Å². The second-order valence-electron chi connectivity index (χ2n) is 9.40. The number of pyridine rings is 1. The van der Waals surface area contributed by atoms with E-state index in [9.17, 15) is 22.8 Å². The van der Waals surface area contributed by atoms with E-state index in [2.05, 4.69) is 20.5 Å². The Morgan fingerprint density at radius 2 is 1.82 bits per heavy atom. The van der Waals surface area contributed by atoms with Gasteiger partial charge in [-0.2, -0.15) is 10.2 Å². The number of likely N-dealkylation sites (tertiary alicyclic amines) is 1. The maximum atomic E-state index is 14.6. The molecule has 1 N–H and O–H groups in total. The summed E-state index contributed by atoms with van der Waals surface area (Å²) in [5, 5.41) is 12.2. The average Bonchev–Trinajstić information content (AvgIpc) is 3.46. The number of carbonyl (C=O) groups excluding carboxylic acids is 2. The average molecular weight is 542 g/mol. The molecule has 1 atom stereocenters. The van der Waals surface area contributed by atoms with Crippen molar-refractivity contribution in [3.63, 3.8) is 0 Å². The highest BCUT2D eigenvalue weighted by molar-refractivity contribution is 5.79. The van der Waals surface area contributed by atoms with Gasteiger partial charge in [0.1, 0.15) is 24.3 Å². The van der Waals surface area contributed by atoms with Crippen molar-refractivity contribution >= 4 is 18.2 Å². The van der Waals surface area contributed by atoms with E-state index in [0.717, 1.165) is 12.3 Å². The number of hydrazone groups is 1. The van der Waals surface area contributed by atoms with E-state index in [1.807, 2.05) is 0 Å². The summed E-state index contributed by atoms with van der Waals surface area (Å²) < 4.78 is 49.4. The number of aromatic nitrogens is 3. The van der Waals surface area contributed by atoms with Gasteiger partial charge in [0.05, 0.1) is 36.7 Å². The van der Waals surface area contributed by atoms with Crippen LogP contribution in [-0.4, -0.2) is 69.1 Å². The van der Waals surface area contributed by atoms with Crippen LogP contribution in [0.15, 0.2) is 35.6 Å². The molecule has 0 bridgehead atoms. The van der Waals surface area contributed by atoms with Crippen LogP contribution in [0.1, 0.15) is 29.4 Å². The van der Waals surface area contributed by atoms with Gasteiger partial charge in [-0.15, -0.1) is 0 Å². The Morgan fingerprint density at radius 1 is 1.10 bits per heavy atom. The Morgan fingerprint density at radius 3 is 2.51 bits per heavy atom. The van der Waals surface area contributed by atoms with Crippen LogP contribution in [0, 0.1) is 31.3 Å². The number of carbonyl (C=O) groups is 2. The fourth-order valence-electron chi connectivity index (χ4n) is 4.72. The van der Waals surface area contributed by atoms with Crippen molar-refractivity contribution in [3.05, 3.63) is 64.9 Å². The Kier molecular flexibility index (Phi) is 6.98. The maximum Gasteiger partial charge on any atom is 0.341 e. The molecule has 0 unspecified atom stereocenters. The van der Waals surface area contributed by atoms with Crippen molar-refractivity contribution in [2.45, 2.75) is 39.0 Å². The molecule has 39 heavy (non-hydrogen) atoms. The molecule has 0 aliphatic carbocycles. The minimum Gasteiger partial charge on any atom is -0.483 e. The molecule has 0 saturated carbocycles. The number of rotatable bonds is 6. The molecule has 0 radical (unpaired) electrons. The third-order valence-corrected chi connectivity index (χ3v) is 6.74. The largest absolute Gasteiger partial charge is 0.483 e. The molecule has 13 heteroatoms. The number of hydrogen-bond acceptors (Lipinski definition) is 6. The minimum absolute atomic E-state index is 0.0257. The Labute approximate surface area is 222 Å². The van der Waals surface area contributed by atoms with Crippen LogP contribution in [0.4, 0.5) is 18.0 Å². The van der Waals surface area contributed by atoms with Gasteiger partial charge in [0.25, 0.3) is 0 Å². The second kappa shape index (κ2) is 10.4. The topological polar surface area (TPSA) is 105 Å². The number of urea groups is 1. The van der Waals surface area contributed by atoms with Crippen molar-refractivity contribution in [2.24, 2.45) is 5.10 Å². The summed E-state index contributed by atoms with van der Waals surface area (Å²) in [6.45, 7) is 3.96. The fraction of sp³-hybridized carbons (Fsp3) is 0.346. The molecular weight excluding hydrogens is 515 g/mol. The van der Waals surface area contributed by atoms with Crippen LogP contribution in [0.5, 0.6) is 5.75 Å². The molecular formula is C26H26F3N7O3. The third-order valence-electron chi connectivity index (χ3n) is 6.74. The molecule has 0 spiro atoms. The zero-order valence-electron chi connectivity index (χ0n) is 21.5. The molecule has 2 aromatic heterocycles. The molecule has 5 rings (SSSR count). The van der Waals surface area contributed by atoms with Gasteiger partial charge in [-0.1, -0.05) is 0 Å². The van der Waals surface area contributed by atoms with Gasteiger partial charge >= 0.3 is 6.03 Å². The number of likely N-dealkylation sites (N-methyl/N-ethyl adjacent to an activating group) is 1. The monoisotopic (exact) mass is 541 g/mol. The highest BCUT2D eigenvalue weighted by atomic mass is 19.1. The van der Waals surface area contributed by atoms with E-state index in [-0.39, 0.29) is 31.3 Å². The maximum absolute atomic E-state index is 14.6. The summed E-state index contributed by atoms with van der Waals surface area (Å²) in [6.07, 6.45) is 2.43. The summed E-state index contributed by atoms with van der Waals surface area (Å²) in [5.41, 5.74) is 2.73. The van der Waals surface area contributed by atoms with Crippen molar-refractivity contribution in [1.29, 1.82) is 0 Å². The molecule has 10 nitrogen and oxygen atoms in total. The third kappa shape index (κ3) is 5.16. The van der Waals surface area contributed by atoms with Crippen molar-refractivity contribution in [3.8, 4) is 17.0 Å². The molecule has 2 aliphatic rings. The molecule has 1 fully saturated rings. The van der Waals surface area contributed by atoms with E-state index in [1.54, 1.807) is 18.5 Å². The van der Waals surface area contributed by atoms with Crippen LogP contribution in [-0.2, 0) is 11.3 Å². The van der Waals surface area contributed by atoms with Gasteiger partial charge in [0, 0.05) is 43.1 Å². The van der Waals surface area contributed by atoms with E-state index < -0.39 is 35.6 Å². The quantitative estimate of drug-likeness (QED) is 0.516. The molecule has 3 amide bonds. The Bertz CT molecular complexity index is 1450. The number of amides is 3. The lowest BCUT2D eigenvalue weighted by Crippen LogP contribution is -2.58. The van der Waals surface area contributed by atoms with Crippen LogP contribution in [0.2, 0.25) is 0 Å². The number of ether oxygens (including phenoxy) is 1. The van der Waals surface area contributed by atoms with Crippen LogP contribution >= 0.6 is 0 Å². The lowest BCUT2D eigenvalue weighted by Gasteiger charge is -2.41. The lowest BCUT2D eigenvalue weighted by atomic mass is 10.0. The van der Waals surface area contributed by atoms with Crippen molar-refractivity contribution in [1.82, 2.24) is 30.0 Å². The van der Waals surface area contributed by atoms with E-state index in [0.29, 0.717) is 34.6 Å². The predicted molar refractivity (Wildman–Crippen MR) is 134 cm³/mol. The van der Waals surface area contributed by atoms with Crippen LogP contribution < -0.4 is 10.1 Å². The van der Waals surface area contributed by atoms with Gasteiger partial charge in [-0.25, -0.2) is 23.0 Å². The number of benzene rings is 1. The molecule has 4 heterocycles. The molecule has 1 aromatic carbocycles. The van der Waals surface area contributed by atoms with Crippen LogP contribution in [0.25, 0.3) is 11.3 Å². The number of aryl methyl sites for hydroxylation is 1. The minimum atomic E-state index is -0.732. The molecule has 2 aliphatic heterocycles. The van der Waals surface area contributed by atoms with Crippen LogP contribution in [0.3, 0.4) is 0 Å². The number of nitrogens with one attached hydrogen (secondary N) is 1. The molecule has 204 valence electrons. The molecule has 3 aromatic rings. The summed E-state index contributed by atoms with van der Waals surface area (Å²) >= 11 is 0. The smallest absolute Gasteiger partial charge is 0.341 e. The van der Waals surface area contributed by atoms with Gasteiger partial charge < -0.3 is 15.0 Å². The first-order valence-electron chi connectivity index (χ1n) is 12.3. The first-order chi connectivity index (χ1) is 18.6. The second-order valence-corrected chi connectivity index (χ2v) is 9.40. The van der Waals surface area contributed by atoms with E-state index in [1.165, 1.54) is 41.4 Å². The van der Waals surface area contributed by atoms with Gasteiger partial charge in [0.15, 0.2) is 11.6 Å². The predicted octanol–water partition coefficient (Wildman–Crippen LogP) is 3.34. The van der Waals surface area contributed by atoms with E-state index >= 15 is 0 Å². The summed E-state index contributed by atoms with van der Waals surface area (Å²) in [7, 11) is 1.54. The summed E-state index contributed by atoms with van der Waals surface area (Å²) in [4.78, 5) is 30.5. The number of nitrogens with zero attached hydrogens (tertiary/aromatic N) is 6. The highest BCUT2D eigenvalue weighted by Crippen LogP contribution is 2.33. The van der Waals surface area contributed by atoms with E-state index in [4.69, 9.17) is 4.74 Å². The van der Waals surface area contributed by atoms with Crippen molar-refractivity contribution in [2.75, 3.05) is 20.1 Å². The van der Waals surface area contributed by atoms with Crippen molar-refractivity contribution < 1.29 is 27.5 Å². The lowest BCUT2D eigenvalue weighted by molar-refractivity contribution is -0.121. The number of hydrogen-bond donors (Lipinski definition) is 1. The molecule has 1 saturated heterocycles. The Balaban J connectivity index is 1.26. The fourth-order valence-corrected chi connectivity index (χ4v) is 4.72. The zero-order valence-corrected chi connectivity index (χ0v) is 21.5. The Hall–Kier alpha value is -4.42. The highest BCUT2D eigenvalue weighted by Gasteiger charge is 2.39. The summed E-state index contributed by atoms with van der Waals surface area (Å²) in [6, 6.07) is 3.54. The first kappa shape index (κ1) is 26.2.